The fraction of sp³-hybridized carbons (Fsp3) is 0.263. The second-order valence-electron chi connectivity index (χ2n) is 5.46. The molecule has 2 rings (SSSR count). The molecule has 2 N–H and O–H groups in total. The number of hydrogen-bond donors (Lipinski definition) is 2. The minimum Gasteiger partial charge on any atom is -0.497 e. The Hall–Kier alpha value is -3.02. The fourth-order valence-corrected chi connectivity index (χ4v) is 2.45. The predicted octanol–water partition coefficient (Wildman–Crippen LogP) is 2.30. The van der Waals surface area contributed by atoms with Crippen LogP contribution in [-0.2, 0) is 17.6 Å². The highest BCUT2D eigenvalue weighted by atomic mass is 16.5. The van der Waals surface area contributed by atoms with E-state index < -0.39 is 5.97 Å². The van der Waals surface area contributed by atoms with Gasteiger partial charge in [-0.2, -0.15) is 0 Å². The van der Waals surface area contributed by atoms with Gasteiger partial charge < -0.3 is 19.9 Å². The van der Waals surface area contributed by atoms with E-state index in [-0.39, 0.29) is 17.9 Å². The van der Waals surface area contributed by atoms with Crippen LogP contribution >= 0.6 is 0 Å². The highest BCUT2D eigenvalue weighted by molar-refractivity contribution is 5.88. The van der Waals surface area contributed by atoms with Crippen LogP contribution in [0.15, 0.2) is 42.5 Å². The van der Waals surface area contributed by atoms with Crippen molar-refractivity contribution in [1.82, 2.24) is 5.32 Å². The van der Waals surface area contributed by atoms with Crippen molar-refractivity contribution in [2.45, 2.75) is 12.8 Å². The summed E-state index contributed by atoms with van der Waals surface area (Å²) in [7, 11) is 3.08. The lowest BCUT2D eigenvalue weighted by Crippen LogP contribution is -2.27. The number of amides is 1. The van der Waals surface area contributed by atoms with E-state index in [0.717, 1.165) is 11.1 Å². The third kappa shape index (κ3) is 5.24. The average molecular weight is 343 g/mol. The third-order valence-corrected chi connectivity index (χ3v) is 3.75. The first kappa shape index (κ1) is 18.3. The quantitative estimate of drug-likeness (QED) is 0.768. The second-order valence-corrected chi connectivity index (χ2v) is 5.46. The summed E-state index contributed by atoms with van der Waals surface area (Å²) in [5.74, 6) is 0.126. The molecule has 0 saturated heterocycles. The maximum absolute atomic E-state index is 12.0. The molecule has 0 atom stereocenters. The highest BCUT2D eigenvalue weighted by Crippen LogP contribution is 2.20. The number of benzene rings is 2. The van der Waals surface area contributed by atoms with Gasteiger partial charge in [-0.05, 0) is 41.8 Å². The Morgan fingerprint density at radius 1 is 1.08 bits per heavy atom. The standard InChI is InChI=1S/C19H21NO5/c1-24-16-5-3-4-13(10-16)11-18(21)20-9-8-14-6-7-15(19(22)23)12-17(14)25-2/h3-7,10,12H,8-9,11H2,1-2H3,(H,20,21)(H,22,23). The number of methoxy groups -OCH3 is 2. The van der Waals surface area contributed by atoms with E-state index >= 15 is 0 Å². The van der Waals surface area contributed by atoms with Crippen LogP contribution in [-0.4, -0.2) is 37.7 Å². The number of carbonyl (C=O) groups excluding carboxylic acids is 1. The normalized spacial score (nSPS) is 10.2. The molecule has 132 valence electrons. The summed E-state index contributed by atoms with van der Waals surface area (Å²) in [5.41, 5.74) is 1.89. The first-order valence-corrected chi connectivity index (χ1v) is 7.83. The molecule has 25 heavy (non-hydrogen) atoms. The van der Waals surface area contributed by atoms with Gasteiger partial charge in [-0.15, -0.1) is 0 Å². The number of carboxylic acids is 1. The zero-order chi connectivity index (χ0) is 18.2. The van der Waals surface area contributed by atoms with Crippen molar-refractivity contribution >= 4 is 11.9 Å². The molecule has 0 fully saturated rings. The van der Waals surface area contributed by atoms with Gasteiger partial charge in [0, 0.05) is 6.54 Å². The number of hydrogen-bond acceptors (Lipinski definition) is 4. The second kappa shape index (κ2) is 8.73. The van der Waals surface area contributed by atoms with Gasteiger partial charge in [0.1, 0.15) is 11.5 Å². The molecule has 0 aliphatic heterocycles. The van der Waals surface area contributed by atoms with E-state index in [9.17, 15) is 9.59 Å². The smallest absolute Gasteiger partial charge is 0.335 e. The molecule has 2 aromatic carbocycles. The third-order valence-electron chi connectivity index (χ3n) is 3.75. The maximum atomic E-state index is 12.0. The molecule has 1 amide bonds. The van der Waals surface area contributed by atoms with Crippen LogP contribution in [0.1, 0.15) is 21.5 Å². The molecule has 6 nitrogen and oxygen atoms in total. The Morgan fingerprint density at radius 2 is 1.88 bits per heavy atom. The van der Waals surface area contributed by atoms with Crippen LogP contribution in [0.25, 0.3) is 0 Å². The number of nitrogens with one attached hydrogen (secondary N) is 1. The van der Waals surface area contributed by atoms with Crippen molar-refractivity contribution in [3.8, 4) is 11.5 Å². The first-order chi connectivity index (χ1) is 12.0. The molecule has 0 radical (unpaired) electrons. The lowest BCUT2D eigenvalue weighted by molar-refractivity contribution is -0.120. The molecule has 0 aromatic heterocycles. The van der Waals surface area contributed by atoms with Gasteiger partial charge in [0.05, 0.1) is 26.2 Å². The number of carbonyl (C=O) groups is 2. The molecular formula is C19H21NO5. The van der Waals surface area contributed by atoms with Crippen molar-refractivity contribution in [2.75, 3.05) is 20.8 Å². The lowest BCUT2D eigenvalue weighted by Gasteiger charge is -2.10. The monoisotopic (exact) mass is 343 g/mol. The van der Waals surface area contributed by atoms with Gasteiger partial charge in [0.15, 0.2) is 0 Å². The summed E-state index contributed by atoms with van der Waals surface area (Å²) >= 11 is 0. The average Bonchev–Trinajstić information content (AvgIpc) is 2.61. The lowest BCUT2D eigenvalue weighted by atomic mass is 10.1. The van der Waals surface area contributed by atoms with Gasteiger partial charge in [0.25, 0.3) is 0 Å². The summed E-state index contributed by atoms with van der Waals surface area (Å²) in [4.78, 5) is 23.0. The van der Waals surface area contributed by atoms with Crippen molar-refractivity contribution in [3.63, 3.8) is 0 Å². The van der Waals surface area contributed by atoms with E-state index in [0.29, 0.717) is 24.5 Å². The molecule has 0 heterocycles. The Labute approximate surface area is 146 Å². The predicted molar refractivity (Wildman–Crippen MR) is 93.4 cm³/mol. The van der Waals surface area contributed by atoms with Gasteiger partial charge in [-0.25, -0.2) is 4.79 Å². The molecule has 0 spiro atoms. The first-order valence-electron chi connectivity index (χ1n) is 7.83. The summed E-state index contributed by atoms with van der Waals surface area (Å²) in [6, 6.07) is 12.1. The van der Waals surface area contributed by atoms with Crippen LogP contribution in [0.5, 0.6) is 11.5 Å². The molecule has 6 heteroatoms. The van der Waals surface area contributed by atoms with E-state index in [4.69, 9.17) is 14.6 Å². The summed E-state index contributed by atoms with van der Waals surface area (Å²) < 4.78 is 10.4. The van der Waals surface area contributed by atoms with E-state index in [2.05, 4.69) is 5.32 Å². The Morgan fingerprint density at radius 3 is 2.56 bits per heavy atom. The molecule has 0 bridgehead atoms. The number of carboxylic acid groups (broad SMARTS) is 1. The number of rotatable bonds is 8. The minimum absolute atomic E-state index is 0.0885. The Bertz CT molecular complexity index is 757. The summed E-state index contributed by atoms with van der Waals surface area (Å²) in [6.45, 7) is 0.436. The SMILES string of the molecule is COc1cccc(CC(=O)NCCc2ccc(C(=O)O)cc2OC)c1. The van der Waals surface area contributed by atoms with E-state index in [1.165, 1.54) is 19.2 Å². The fourth-order valence-electron chi connectivity index (χ4n) is 2.45. The van der Waals surface area contributed by atoms with Crippen molar-refractivity contribution in [3.05, 3.63) is 59.2 Å². The largest absolute Gasteiger partial charge is 0.497 e. The van der Waals surface area contributed by atoms with Crippen molar-refractivity contribution < 1.29 is 24.2 Å². The van der Waals surface area contributed by atoms with Gasteiger partial charge in [0.2, 0.25) is 5.91 Å². The van der Waals surface area contributed by atoms with Crippen molar-refractivity contribution in [2.24, 2.45) is 0 Å². The minimum atomic E-state index is -1.00. The topological polar surface area (TPSA) is 84.9 Å². The zero-order valence-electron chi connectivity index (χ0n) is 14.2. The summed E-state index contributed by atoms with van der Waals surface area (Å²) in [6.07, 6.45) is 0.819. The Balaban J connectivity index is 1.89. The van der Waals surface area contributed by atoms with Crippen LogP contribution in [0.4, 0.5) is 0 Å². The number of ether oxygens (including phenoxy) is 2. The molecule has 0 aliphatic rings. The van der Waals surface area contributed by atoms with E-state index in [1.807, 2.05) is 24.3 Å². The van der Waals surface area contributed by atoms with Crippen molar-refractivity contribution in [1.29, 1.82) is 0 Å². The maximum Gasteiger partial charge on any atom is 0.335 e. The van der Waals surface area contributed by atoms with Crippen LogP contribution in [0.3, 0.4) is 0 Å². The van der Waals surface area contributed by atoms with Crippen LogP contribution in [0.2, 0.25) is 0 Å². The summed E-state index contributed by atoms with van der Waals surface area (Å²) in [5, 5.41) is 11.9. The number of aromatic carboxylic acids is 1. The molecule has 0 aliphatic carbocycles. The zero-order valence-corrected chi connectivity index (χ0v) is 14.2. The highest BCUT2D eigenvalue weighted by Gasteiger charge is 2.10. The molecule has 0 unspecified atom stereocenters. The molecule has 2 aromatic rings. The van der Waals surface area contributed by atoms with Gasteiger partial charge in [-0.1, -0.05) is 18.2 Å². The van der Waals surface area contributed by atoms with Crippen LogP contribution < -0.4 is 14.8 Å². The van der Waals surface area contributed by atoms with Crippen LogP contribution in [0, 0.1) is 0 Å². The van der Waals surface area contributed by atoms with E-state index in [1.54, 1.807) is 13.2 Å². The Kier molecular flexibility index (Phi) is 6.39. The molecular weight excluding hydrogens is 322 g/mol. The molecule has 0 saturated carbocycles. The van der Waals surface area contributed by atoms with Gasteiger partial charge in [-0.3, -0.25) is 4.79 Å². The van der Waals surface area contributed by atoms with Gasteiger partial charge >= 0.3 is 5.97 Å².